The standard InChI is InChI=1S/C29H24F4N4O4/c1-34-26(39)22-20-10-18(15-5-8-21(40-2)19(9-15)25(38)37-28-11-16(28)12-28)24(35-13-29(31,32)33)36-27(20)41-23(22)14-3-6-17(30)7-4-14/h3-10,16H,11-13H2,1-2H3,(H,34,39)(H,35,36)(H,37,38). The van der Waals surface area contributed by atoms with E-state index in [1.165, 1.54) is 50.6 Å². The second-order valence-electron chi connectivity index (χ2n) is 10.2. The molecule has 2 aliphatic rings. The molecule has 0 radical (unpaired) electrons. The van der Waals surface area contributed by atoms with E-state index >= 15 is 0 Å². The quantitative estimate of drug-likeness (QED) is 0.241. The van der Waals surface area contributed by atoms with Crippen LogP contribution in [0.25, 0.3) is 33.6 Å². The van der Waals surface area contributed by atoms with Crippen LogP contribution in [0.2, 0.25) is 0 Å². The molecule has 2 fully saturated rings. The Hall–Kier alpha value is -4.61. The monoisotopic (exact) mass is 568 g/mol. The fourth-order valence-electron chi connectivity index (χ4n) is 4.97. The molecule has 0 saturated heterocycles. The number of ether oxygens (including phenoxy) is 1. The number of hydrogen-bond acceptors (Lipinski definition) is 6. The smallest absolute Gasteiger partial charge is 0.405 e. The average Bonchev–Trinajstić information content (AvgIpc) is 3.77. The number of carbonyl (C=O) groups is 2. The van der Waals surface area contributed by atoms with Crippen molar-refractivity contribution in [3.63, 3.8) is 0 Å². The normalized spacial score (nSPS) is 18.9. The topological polar surface area (TPSA) is 105 Å². The molecule has 2 aliphatic carbocycles. The first kappa shape index (κ1) is 26.6. The van der Waals surface area contributed by atoms with Gasteiger partial charge in [-0.3, -0.25) is 9.59 Å². The fraction of sp³-hybridized carbons (Fsp3) is 0.276. The van der Waals surface area contributed by atoms with Crippen molar-refractivity contribution in [3.8, 4) is 28.2 Å². The van der Waals surface area contributed by atoms with Gasteiger partial charge in [0.05, 0.1) is 23.6 Å². The number of anilines is 1. The zero-order valence-electron chi connectivity index (χ0n) is 21.9. The van der Waals surface area contributed by atoms with Crippen molar-refractivity contribution in [1.82, 2.24) is 15.6 Å². The summed E-state index contributed by atoms with van der Waals surface area (Å²) in [5, 5.41) is 8.10. The lowest BCUT2D eigenvalue weighted by molar-refractivity contribution is -0.115. The Labute approximate surface area is 231 Å². The molecule has 2 amide bonds. The number of fused-ring (bicyclic) bond motifs is 2. The van der Waals surface area contributed by atoms with Crippen LogP contribution in [0.4, 0.5) is 23.4 Å². The lowest BCUT2D eigenvalue weighted by Gasteiger charge is -2.16. The second kappa shape index (κ2) is 9.50. The molecule has 8 nitrogen and oxygen atoms in total. The zero-order chi connectivity index (χ0) is 29.1. The third-order valence-corrected chi connectivity index (χ3v) is 7.50. The number of furan rings is 1. The van der Waals surface area contributed by atoms with E-state index in [1.807, 2.05) is 0 Å². The number of pyridine rings is 1. The first-order chi connectivity index (χ1) is 19.5. The van der Waals surface area contributed by atoms with Gasteiger partial charge in [-0.05, 0) is 66.8 Å². The van der Waals surface area contributed by atoms with E-state index in [1.54, 1.807) is 12.1 Å². The first-order valence-corrected chi connectivity index (χ1v) is 12.8. The van der Waals surface area contributed by atoms with Gasteiger partial charge in [0.2, 0.25) is 5.71 Å². The summed E-state index contributed by atoms with van der Waals surface area (Å²) >= 11 is 0. The Balaban J connectivity index is 1.52. The lowest BCUT2D eigenvalue weighted by Crippen LogP contribution is -2.30. The molecule has 4 aromatic rings. The minimum Gasteiger partial charge on any atom is -0.496 e. The molecule has 6 rings (SSSR count). The van der Waals surface area contributed by atoms with E-state index in [0.717, 1.165) is 12.8 Å². The Morgan fingerprint density at radius 1 is 1.07 bits per heavy atom. The number of halogens is 4. The highest BCUT2D eigenvalue weighted by Crippen LogP contribution is 2.66. The molecule has 2 aromatic carbocycles. The summed E-state index contributed by atoms with van der Waals surface area (Å²) in [6, 6.07) is 11.4. The molecule has 41 heavy (non-hydrogen) atoms. The zero-order valence-corrected chi connectivity index (χ0v) is 21.9. The van der Waals surface area contributed by atoms with Crippen molar-refractivity contribution in [2.75, 3.05) is 26.0 Å². The lowest BCUT2D eigenvalue weighted by atomic mass is 9.99. The van der Waals surface area contributed by atoms with Gasteiger partial charge in [0.15, 0.2) is 0 Å². The molecule has 2 heterocycles. The van der Waals surface area contributed by atoms with Crippen LogP contribution >= 0.6 is 0 Å². The maximum atomic E-state index is 13.6. The number of nitrogens with zero attached hydrogens (tertiary/aromatic N) is 1. The van der Waals surface area contributed by atoms with Gasteiger partial charge in [-0.2, -0.15) is 18.2 Å². The van der Waals surface area contributed by atoms with Crippen molar-refractivity contribution < 1.29 is 36.3 Å². The fourth-order valence-corrected chi connectivity index (χ4v) is 4.97. The van der Waals surface area contributed by atoms with Gasteiger partial charge >= 0.3 is 6.18 Å². The van der Waals surface area contributed by atoms with E-state index in [9.17, 15) is 27.2 Å². The van der Waals surface area contributed by atoms with E-state index in [4.69, 9.17) is 9.15 Å². The van der Waals surface area contributed by atoms with Gasteiger partial charge in [0.25, 0.3) is 11.8 Å². The molecular formula is C29H24F4N4O4. The molecule has 0 unspecified atom stereocenters. The third-order valence-electron chi connectivity index (χ3n) is 7.50. The summed E-state index contributed by atoms with van der Waals surface area (Å²) in [6.07, 6.45) is -2.71. The van der Waals surface area contributed by atoms with Gasteiger partial charge in [0.1, 0.15) is 29.7 Å². The van der Waals surface area contributed by atoms with Gasteiger partial charge in [-0.1, -0.05) is 6.07 Å². The van der Waals surface area contributed by atoms with Crippen LogP contribution in [0, 0.1) is 11.7 Å². The summed E-state index contributed by atoms with van der Waals surface area (Å²) < 4.78 is 64.6. The number of benzene rings is 2. The molecule has 2 aromatic heterocycles. The number of alkyl halides is 3. The summed E-state index contributed by atoms with van der Waals surface area (Å²) in [7, 11) is 2.84. The number of hydrogen-bond donors (Lipinski definition) is 3. The number of nitrogens with one attached hydrogen (secondary N) is 3. The van der Waals surface area contributed by atoms with Crippen LogP contribution in [0.3, 0.4) is 0 Å². The molecule has 0 atom stereocenters. The highest BCUT2D eigenvalue weighted by Gasteiger charge is 2.70. The number of amides is 2. The Kier molecular flexibility index (Phi) is 6.16. The van der Waals surface area contributed by atoms with Gasteiger partial charge in [0, 0.05) is 23.7 Å². The summed E-state index contributed by atoms with van der Waals surface area (Å²) in [5.74, 6) is -0.694. The maximum absolute atomic E-state index is 13.6. The molecule has 0 aliphatic heterocycles. The van der Waals surface area contributed by atoms with Gasteiger partial charge in [-0.25, -0.2) is 4.39 Å². The first-order valence-electron chi connectivity index (χ1n) is 12.8. The van der Waals surface area contributed by atoms with Crippen molar-refractivity contribution in [1.29, 1.82) is 0 Å². The predicted octanol–water partition coefficient (Wildman–Crippen LogP) is 5.54. The highest BCUT2D eigenvalue weighted by molar-refractivity contribution is 6.11. The van der Waals surface area contributed by atoms with Gasteiger partial charge in [-0.15, -0.1) is 0 Å². The van der Waals surface area contributed by atoms with Crippen LogP contribution < -0.4 is 20.7 Å². The summed E-state index contributed by atoms with van der Waals surface area (Å²) in [5.41, 5.74) is 0.959. The van der Waals surface area contributed by atoms with Crippen molar-refractivity contribution in [2.45, 2.75) is 24.6 Å². The molecular weight excluding hydrogens is 544 g/mol. The largest absolute Gasteiger partial charge is 0.496 e. The minimum absolute atomic E-state index is 0.0725. The summed E-state index contributed by atoms with van der Waals surface area (Å²) in [4.78, 5) is 30.5. The maximum Gasteiger partial charge on any atom is 0.405 e. The average molecular weight is 569 g/mol. The third kappa shape index (κ3) is 4.94. The molecule has 212 valence electrons. The SMILES string of the molecule is CNC(=O)c1c(-c2ccc(F)cc2)oc2nc(NCC(F)(F)F)c(-c3ccc(OC)c(C(=O)NC45CC4C5)c3)cc12. The van der Waals surface area contributed by atoms with Crippen molar-refractivity contribution in [2.24, 2.45) is 5.92 Å². The van der Waals surface area contributed by atoms with Crippen LogP contribution in [-0.2, 0) is 0 Å². The van der Waals surface area contributed by atoms with Crippen molar-refractivity contribution >= 4 is 28.7 Å². The van der Waals surface area contributed by atoms with Gasteiger partial charge < -0.3 is 25.1 Å². The van der Waals surface area contributed by atoms with Crippen molar-refractivity contribution in [3.05, 3.63) is 65.5 Å². The number of rotatable bonds is 8. The van der Waals surface area contributed by atoms with E-state index in [0.29, 0.717) is 22.8 Å². The van der Waals surface area contributed by atoms with E-state index < -0.39 is 24.4 Å². The Bertz CT molecular complexity index is 1690. The Morgan fingerprint density at radius 2 is 1.76 bits per heavy atom. The second-order valence-corrected chi connectivity index (χ2v) is 10.2. The number of methoxy groups -OCH3 is 1. The Morgan fingerprint density at radius 3 is 2.37 bits per heavy atom. The molecule has 2 saturated carbocycles. The van der Waals surface area contributed by atoms with Crippen LogP contribution in [0.1, 0.15) is 33.6 Å². The highest BCUT2D eigenvalue weighted by atomic mass is 19.4. The molecule has 12 heteroatoms. The molecule has 0 bridgehead atoms. The number of carbonyl (C=O) groups excluding carboxylic acids is 2. The summed E-state index contributed by atoms with van der Waals surface area (Å²) in [6.45, 7) is -1.39. The van der Waals surface area contributed by atoms with Crippen LogP contribution in [0.15, 0.2) is 52.9 Å². The minimum atomic E-state index is -4.56. The molecule has 0 spiro atoms. The van der Waals surface area contributed by atoms with Crippen LogP contribution in [-0.4, -0.2) is 49.2 Å². The molecule has 3 N–H and O–H groups in total. The van der Waals surface area contributed by atoms with Crippen LogP contribution in [0.5, 0.6) is 5.75 Å². The predicted molar refractivity (Wildman–Crippen MR) is 142 cm³/mol. The number of aromatic nitrogens is 1. The van der Waals surface area contributed by atoms with E-state index in [-0.39, 0.29) is 50.8 Å². The van der Waals surface area contributed by atoms with E-state index in [2.05, 4.69) is 20.9 Å².